The van der Waals surface area contributed by atoms with Crippen LogP contribution in [0.25, 0.3) is 0 Å². The van der Waals surface area contributed by atoms with Crippen LogP contribution in [0.3, 0.4) is 0 Å². The first-order valence-corrected chi connectivity index (χ1v) is 6.43. The van der Waals surface area contributed by atoms with Crippen molar-refractivity contribution in [2.45, 2.75) is 45.1 Å². The minimum absolute atomic E-state index is 0.00672. The smallest absolute Gasteiger partial charge is 0.305 e. The zero-order valence-corrected chi connectivity index (χ0v) is 11.5. The van der Waals surface area contributed by atoms with Gasteiger partial charge in [0.2, 0.25) is 0 Å². The number of benzene rings is 1. The van der Waals surface area contributed by atoms with Gasteiger partial charge >= 0.3 is 5.97 Å². The maximum absolute atomic E-state index is 12.1. The Hall–Kier alpha value is -1.84. The number of amides is 1. The Labute approximate surface area is 112 Å². The molecule has 102 valence electrons. The maximum Gasteiger partial charge on any atom is 0.305 e. The lowest BCUT2D eigenvalue weighted by molar-refractivity contribution is -0.137. The molecular formula is C15H19NO3. The normalized spacial score (nSPS) is 18.7. The van der Waals surface area contributed by atoms with Gasteiger partial charge in [0.25, 0.3) is 5.91 Å². The first-order valence-electron chi connectivity index (χ1n) is 6.43. The Morgan fingerprint density at radius 1 is 1.42 bits per heavy atom. The molecule has 1 aromatic rings. The van der Waals surface area contributed by atoms with E-state index in [-0.39, 0.29) is 23.8 Å². The summed E-state index contributed by atoms with van der Waals surface area (Å²) < 4.78 is 0. The number of hydrogen-bond acceptors (Lipinski definition) is 2. The zero-order valence-electron chi connectivity index (χ0n) is 11.5. The van der Waals surface area contributed by atoms with Crippen molar-refractivity contribution < 1.29 is 14.7 Å². The highest BCUT2D eigenvalue weighted by Gasteiger charge is 2.27. The molecular weight excluding hydrogens is 242 g/mol. The number of fused-ring (bicyclic) bond motifs is 1. The monoisotopic (exact) mass is 261 g/mol. The fraction of sp³-hybridized carbons (Fsp3) is 0.467. The lowest BCUT2D eigenvalue weighted by atomic mass is 9.83. The van der Waals surface area contributed by atoms with Gasteiger partial charge in [-0.1, -0.05) is 32.9 Å². The maximum atomic E-state index is 12.1. The number of carboxylic acid groups (broad SMARTS) is 1. The molecule has 1 aliphatic heterocycles. The van der Waals surface area contributed by atoms with Gasteiger partial charge < -0.3 is 10.4 Å². The lowest BCUT2D eigenvalue weighted by Crippen LogP contribution is -2.42. The van der Waals surface area contributed by atoms with Crippen LogP contribution in [0, 0.1) is 0 Å². The summed E-state index contributed by atoms with van der Waals surface area (Å²) in [6.45, 7) is 6.30. The van der Waals surface area contributed by atoms with Crippen molar-refractivity contribution in [3.63, 3.8) is 0 Å². The third kappa shape index (κ3) is 2.95. The topological polar surface area (TPSA) is 66.4 Å². The van der Waals surface area contributed by atoms with Crippen LogP contribution in [-0.2, 0) is 16.6 Å². The second-order valence-corrected chi connectivity index (χ2v) is 6.09. The van der Waals surface area contributed by atoms with Gasteiger partial charge in [-0.25, -0.2) is 0 Å². The summed E-state index contributed by atoms with van der Waals surface area (Å²) in [5.74, 6) is -1.06. The van der Waals surface area contributed by atoms with Crippen molar-refractivity contribution in [1.82, 2.24) is 5.32 Å². The van der Waals surface area contributed by atoms with E-state index < -0.39 is 5.97 Å². The predicted molar refractivity (Wildman–Crippen MR) is 72.4 cm³/mol. The third-order valence-corrected chi connectivity index (χ3v) is 3.44. The number of carbonyl (C=O) groups is 2. The Morgan fingerprint density at radius 2 is 2.11 bits per heavy atom. The van der Waals surface area contributed by atoms with Gasteiger partial charge in [0.05, 0.1) is 6.42 Å². The summed E-state index contributed by atoms with van der Waals surface area (Å²) in [5, 5.41) is 11.6. The highest BCUT2D eigenvalue weighted by molar-refractivity contribution is 5.97. The van der Waals surface area contributed by atoms with E-state index in [1.165, 1.54) is 0 Å². The predicted octanol–water partition coefficient (Wildman–Crippen LogP) is 2.11. The van der Waals surface area contributed by atoms with Gasteiger partial charge in [0.1, 0.15) is 0 Å². The van der Waals surface area contributed by atoms with E-state index in [4.69, 9.17) is 5.11 Å². The minimum Gasteiger partial charge on any atom is -0.481 e. The SMILES string of the molecule is CC(C)(C)c1ccc2c(c1)C(=O)NC(CC(=O)O)C2. The first kappa shape index (κ1) is 13.6. The van der Waals surface area contributed by atoms with Crippen LogP contribution in [0.4, 0.5) is 0 Å². The van der Waals surface area contributed by atoms with E-state index in [0.29, 0.717) is 12.0 Å². The van der Waals surface area contributed by atoms with Gasteiger partial charge in [-0.15, -0.1) is 0 Å². The third-order valence-electron chi connectivity index (χ3n) is 3.44. The molecule has 1 amide bonds. The molecule has 1 heterocycles. The highest BCUT2D eigenvalue weighted by atomic mass is 16.4. The molecule has 1 atom stereocenters. The number of hydrogen-bond donors (Lipinski definition) is 2. The van der Waals surface area contributed by atoms with Gasteiger partial charge in [-0.05, 0) is 29.0 Å². The molecule has 19 heavy (non-hydrogen) atoms. The Morgan fingerprint density at radius 3 is 2.68 bits per heavy atom. The average molecular weight is 261 g/mol. The van der Waals surface area contributed by atoms with Gasteiger partial charge in [0, 0.05) is 11.6 Å². The summed E-state index contributed by atoms with van der Waals surface area (Å²) in [6.07, 6.45) is 0.546. The second kappa shape index (κ2) is 4.68. The summed E-state index contributed by atoms with van der Waals surface area (Å²) >= 11 is 0. The van der Waals surface area contributed by atoms with Crippen LogP contribution in [0.15, 0.2) is 18.2 Å². The molecule has 0 saturated heterocycles. The largest absolute Gasteiger partial charge is 0.481 e. The second-order valence-electron chi connectivity index (χ2n) is 6.09. The van der Waals surface area contributed by atoms with E-state index in [1.54, 1.807) is 0 Å². The van der Waals surface area contributed by atoms with Gasteiger partial charge in [-0.2, -0.15) is 0 Å². The zero-order chi connectivity index (χ0) is 14.2. The molecule has 0 radical (unpaired) electrons. The Kier molecular flexibility index (Phi) is 3.35. The standard InChI is InChI=1S/C15H19NO3/c1-15(2,3)10-5-4-9-6-11(8-13(17)18)16-14(19)12(9)7-10/h4-5,7,11H,6,8H2,1-3H3,(H,16,19)(H,17,18). The number of aliphatic carboxylic acids is 1. The van der Waals surface area contributed by atoms with Crippen molar-refractivity contribution in [1.29, 1.82) is 0 Å². The van der Waals surface area contributed by atoms with Crippen LogP contribution in [0.2, 0.25) is 0 Å². The number of nitrogens with one attached hydrogen (secondary N) is 1. The molecule has 0 bridgehead atoms. The van der Waals surface area contributed by atoms with E-state index in [0.717, 1.165) is 11.1 Å². The van der Waals surface area contributed by atoms with Crippen LogP contribution >= 0.6 is 0 Å². The van der Waals surface area contributed by atoms with E-state index in [2.05, 4.69) is 26.1 Å². The molecule has 4 heteroatoms. The number of carbonyl (C=O) groups excluding carboxylic acids is 1. The molecule has 0 fully saturated rings. The molecule has 1 aromatic carbocycles. The average Bonchev–Trinajstić information content (AvgIpc) is 2.26. The fourth-order valence-corrected chi connectivity index (χ4v) is 2.35. The lowest BCUT2D eigenvalue weighted by Gasteiger charge is -2.27. The molecule has 0 saturated carbocycles. The summed E-state index contributed by atoms with van der Waals surface area (Å²) in [6, 6.07) is 5.58. The molecule has 2 rings (SSSR count). The van der Waals surface area contributed by atoms with Crippen LogP contribution < -0.4 is 5.32 Å². The Bertz CT molecular complexity index is 529. The van der Waals surface area contributed by atoms with Crippen molar-refractivity contribution in [2.24, 2.45) is 0 Å². The van der Waals surface area contributed by atoms with Crippen molar-refractivity contribution in [3.8, 4) is 0 Å². The minimum atomic E-state index is -0.889. The summed E-state index contributed by atoms with van der Waals surface area (Å²) in [5.41, 5.74) is 2.71. The van der Waals surface area contributed by atoms with E-state index in [1.807, 2.05) is 18.2 Å². The van der Waals surface area contributed by atoms with Crippen molar-refractivity contribution in [3.05, 3.63) is 34.9 Å². The van der Waals surface area contributed by atoms with Crippen molar-refractivity contribution in [2.75, 3.05) is 0 Å². The van der Waals surface area contributed by atoms with Crippen LogP contribution in [-0.4, -0.2) is 23.0 Å². The van der Waals surface area contributed by atoms with E-state index in [9.17, 15) is 9.59 Å². The molecule has 4 nitrogen and oxygen atoms in total. The quantitative estimate of drug-likeness (QED) is 0.857. The number of rotatable bonds is 2. The fourth-order valence-electron chi connectivity index (χ4n) is 2.35. The highest BCUT2D eigenvalue weighted by Crippen LogP contribution is 2.27. The molecule has 2 N–H and O–H groups in total. The molecule has 0 spiro atoms. The molecule has 0 aromatic heterocycles. The van der Waals surface area contributed by atoms with Crippen LogP contribution in [0.5, 0.6) is 0 Å². The van der Waals surface area contributed by atoms with Crippen LogP contribution in [0.1, 0.15) is 48.7 Å². The molecule has 1 unspecified atom stereocenters. The van der Waals surface area contributed by atoms with Gasteiger partial charge in [0.15, 0.2) is 0 Å². The first-order chi connectivity index (χ1) is 8.77. The summed E-state index contributed by atoms with van der Waals surface area (Å²) in [7, 11) is 0. The molecule has 0 aliphatic carbocycles. The summed E-state index contributed by atoms with van der Waals surface area (Å²) in [4.78, 5) is 22.8. The van der Waals surface area contributed by atoms with E-state index >= 15 is 0 Å². The molecule has 1 aliphatic rings. The van der Waals surface area contributed by atoms with Crippen molar-refractivity contribution >= 4 is 11.9 Å². The number of carboxylic acids is 1. The Balaban J connectivity index is 2.31. The van der Waals surface area contributed by atoms with Gasteiger partial charge in [-0.3, -0.25) is 9.59 Å².